The Morgan fingerprint density at radius 2 is 2.27 bits per heavy atom. The second kappa shape index (κ2) is 5.81. The maximum absolute atomic E-state index is 12.6. The Kier molecular flexibility index (Phi) is 3.85. The quantitative estimate of drug-likeness (QED) is 0.912. The lowest BCUT2D eigenvalue weighted by Gasteiger charge is -2.33. The molecule has 1 saturated heterocycles. The molecular formula is C16H20N4O2. The van der Waals surface area contributed by atoms with E-state index in [-0.39, 0.29) is 12.0 Å². The van der Waals surface area contributed by atoms with Crippen molar-refractivity contribution in [1.82, 2.24) is 14.5 Å². The van der Waals surface area contributed by atoms with Gasteiger partial charge in [-0.05, 0) is 31.2 Å². The molecule has 0 aliphatic carbocycles. The number of nitrogens with zero attached hydrogens (tertiary/aromatic N) is 3. The average Bonchev–Trinajstić information content (AvgIpc) is 2.92. The van der Waals surface area contributed by atoms with Crippen LogP contribution in [0.15, 0.2) is 30.5 Å². The molecule has 2 N–H and O–H groups in total. The van der Waals surface area contributed by atoms with Gasteiger partial charge in [0.1, 0.15) is 11.8 Å². The summed E-state index contributed by atoms with van der Waals surface area (Å²) in [7, 11) is 1.87. The SMILES string of the molecule is Cc1cc(N)cc(C2CN(C(=O)c3cccn3C)CCO2)n1. The van der Waals surface area contributed by atoms with Crippen LogP contribution < -0.4 is 5.73 Å². The van der Waals surface area contributed by atoms with Gasteiger partial charge in [0.15, 0.2) is 0 Å². The Morgan fingerprint density at radius 1 is 1.45 bits per heavy atom. The third-order valence-electron chi connectivity index (χ3n) is 3.84. The minimum atomic E-state index is -0.236. The van der Waals surface area contributed by atoms with Gasteiger partial charge in [0.2, 0.25) is 0 Å². The number of hydrogen-bond donors (Lipinski definition) is 1. The van der Waals surface area contributed by atoms with Crippen molar-refractivity contribution in [2.24, 2.45) is 7.05 Å². The van der Waals surface area contributed by atoms with Gasteiger partial charge in [0, 0.05) is 31.2 Å². The number of morpholine rings is 1. The molecule has 2 aromatic rings. The highest BCUT2D eigenvalue weighted by Crippen LogP contribution is 2.23. The van der Waals surface area contributed by atoms with Crippen LogP contribution in [0.1, 0.15) is 28.0 Å². The molecule has 1 aliphatic rings. The summed E-state index contributed by atoms with van der Waals surface area (Å²) >= 11 is 0. The van der Waals surface area contributed by atoms with Gasteiger partial charge in [-0.25, -0.2) is 0 Å². The molecule has 2 aromatic heterocycles. The number of ether oxygens (including phenoxy) is 1. The number of hydrogen-bond acceptors (Lipinski definition) is 4. The fourth-order valence-electron chi connectivity index (χ4n) is 2.74. The highest BCUT2D eigenvalue weighted by atomic mass is 16.5. The predicted octanol–water partition coefficient (Wildman–Crippen LogP) is 1.52. The van der Waals surface area contributed by atoms with Crippen LogP contribution in [0.25, 0.3) is 0 Å². The van der Waals surface area contributed by atoms with Gasteiger partial charge in [0.25, 0.3) is 5.91 Å². The molecule has 0 aromatic carbocycles. The summed E-state index contributed by atoms with van der Waals surface area (Å²) in [6.45, 7) is 3.47. The molecular weight excluding hydrogens is 280 g/mol. The van der Waals surface area contributed by atoms with Crippen LogP contribution in [0.3, 0.4) is 0 Å². The molecule has 0 saturated carbocycles. The monoisotopic (exact) mass is 300 g/mol. The van der Waals surface area contributed by atoms with Crippen molar-refractivity contribution in [3.05, 3.63) is 47.5 Å². The first-order chi connectivity index (χ1) is 10.5. The Labute approximate surface area is 129 Å². The number of rotatable bonds is 2. The van der Waals surface area contributed by atoms with E-state index in [0.29, 0.717) is 31.1 Å². The summed E-state index contributed by atoms with van der Waals surface area (Å²) < 4.78 is 7.61. The van der Waals surface area contributed by atoms with Gasteiger partial charge < -0.3 is 19.9 Å². The van der Waals surface area contributed by atoms with Gasteiger partial charge in [-0.3, -0.25) is 9.78 Å². The van der Waals surface area contributed by atoms with Crippen molar-refractivity contribution < 1.29 is 9.53 Å². The Balaban J connectivity index is 1.79. The maximum atomic E-state index is 12.6. The molecule has 3 rings (SSSR count). The van der Waals surface area contributed by atoms with E-state index in [1.165, 1.54) is 0 Å². The fourth-order valence-corrected chi connectivity index (χ4v) is 2.74. The number of anilines is 1. The lowest BCUT2D eigenvalue weighted by molar-refractivity contribution is -0.0250. The van der Waals surface area contributed by atoms with Crippen LogP contribution in [0.2, 0.25) is 0 Å². The van der Waals surface area contributed by atoms with E-state index >= 15 is 0 Å². The van der Waals surface area contributed by atoms with E-state index in [9.17, 15) is 4.79 Å². The topological polar surface area (TPSA) is 73.4 Å². The van der Waals surface area contributed by atoms with Crippen LogP contribution in [0, 0.1) is 6.92 Å². The first-order valence-electron chi connectivity index (χ1n) is 7.31. The van der Waals surface area contributed by atoms with E-state index < -0.39 is 0 Å². The molecule has 0 spiro atoms. The van der Waals surface area contributed by atoms with E-state index in [4.69, 9.17) is 10.5 Å². The van der Waals surface area contributed by atoms with Crippen molar-refractivity contribution in [3.8, 4) is 0 Å². The molecule has 6 nitrogen and oxygen atoms in total. The van der Waals surface area contributed by atoms with Crippen molar-refractivity contribution in [2.75, 3.05) is 25.4 Å². The van der Waals surface area contributed by atoms with Crippen molar-refractivity contribution in [3.63, 3.8) is 0 Å². The first-order valence-corrected chi connectivity index (χ1v) is 7.31. The zero-order chi connectivity index (χ0) is 15.7. The highest BCUT2D eigenvalue weighted by Gasteiger charge is 2.28. The predicted molar refractivity (Wildman–Crippen MR) is 83.4 cm³/mol. The van der Waals surface area contributed by atoms with E-state index in [2.05, 4.69) is 4.98 Å². The lowest BCUT2D eigenvalue weighted by atomic mass is 10.1. The van der Waals surface area contributed by atoms with Crippen LogP contribution in [-0.2, 0) is 11.8 Å². The van der Waals surface area contributed by atoms with Gasteiger partial charge in [0.05, 0.1) is 18.8 Å². The molecule has 22 heavy (non-hydrogen) atoms. The van der Waals surface area contributed by atoms with Crippen molar-refractivity contribution in [1.29, 1.82) is 0 Å². The molecule has 1 unspecified atom stereocenters. The number of amides is 1. The largest absolute Gasteiger partial charge is 0.399 e. The maximum Gasteiger partial charge on any atom is 0.270 e. The molecule has 1 amide bonds. The number of carbonyl (C=O) groups is 1. The molecule has 1 fully saturated rings. The molecule has 6 heteroatoms. The molecule has 1 aliphatic heterocycles. The van der Waals surface area contributed by atoms with Gasteiger partial charge in [-0.2, -0.15) is 0 Å². The molecule has 3 heterocycles. The summed E-state index contributed by atoms with van der Waals surface area (Å²) in [6, 6.07) is 7.33. The molecule has 116 valence electrons. The average molecular weight is 300 g/mol. The molecule has 1 atom stereocenters. The minimum Gasteiger partial charge on any atom is -0.399 e. The van der Waals surface area contributed by atoms with Crippen LogP contribution in [-0.4, -0.2) is 40.1 Å². The number of nitrogen functional groups attached to an aromatic ring is 1. The second-order valence-electron chi connectivity index (χ2n) is 5.58. The normalized spacial score (nSPS) is 18.5. The Morgan fingerprint density at radius 3 is 2.95 bits per heavy atom. The highest BCUT2D eigenvalue weighted by molar-refractivity contribution is 5.92. The third kappa shape index (κ3) is 2.82. The number of carbonyl (C=O) groups excluding carboxylic acids is 1. The van der Waals surface area contributed by atoms with Crippen molar-refractivity contribution in [2.45, 2.75) is 13.0 Å². The number of nitrogens with two attached hydrogens (primary N) is 1. The van der Waals surface area contributed by atoms with E-state index in [1.807, 2.05) is 53.9 Å². The fraction of sp³-hybridized carbons (Fsp3) is 0.375. The summed E-state index contributed by atoms with van der Waals surface area (Å²) in [4.78, 5) is 18.9. The summed E-state index contributed by atoms with van der Waals surface area (Å²) in [5.74, 6) is 0.0152. The van der Waals surface area contributed by atoms with Gasteiger partial charge in [-0.1, -0.05) is 0 Å². The van der Waals surface area contributed by atoms with E-state index in [0.717, 1.165) is 11.4 Å². The van der Waals surface area contributed by atoms with Gasteiger partial charge in [-0.15, -0.1) is 0 Å². The van der Waals surface area contributed by atoms with Crippen molar-refractivity contribution >= 4 is 11.6 Å². The Bertz CT molecular complexity index is 675. The number of aryl methyl sites for hydroxylation is 2. The second-order valence-corrected chi connectivity index (χ2v) is 5.58. The minimum absolute atomic E-state index is 0.0152. The van der Waals surface area contributed by atoms with E-state index in [1.54, 1.807) is 0 Å². The molecule has 0 radical (unpaired) electrons. The zero-order valence-electron chi connectivity index (χ0n) is 12.8. The van der Waals surface area contributed by atoms with Crippen LogP contribution in [0.5, 0.6) is 0 Å². The van der Waals surface area contributed by atoms with Crippen LogP contribution >= 0.6 is 0 Å². The first kappa shape index (κ1) is 14.6. The van der Waals surface area contributed by atoms with Gasteiger partial charge >= 0.3 is 0 Å². The lowest BCUT2D eigenvalue weighted by Crippen LogP contribution is -2.43. The summed E-state index contributed by atoms with van der Waals surface area (Å²) in [5, 5.41) is 0. The standard InChI is InChI=1S/C16H20N4O2/c1-11-8-12(17)9-13(18-11)15-10-20(6-7-22-15)16(21)14-4-3-5-19(14)2/h3-5,8-9,15H,6-7,10H2,1-2H3,(H2,17,18). The zero-order valence-corrected chi connectivity index (χ0v) is 12.8. The third-order valence-corrected chi connectivity index (χ3v) is 3.84. The number of aromatic nitrogens is 2. The summed E-state index contributed by atoms with van der Waals surface area (Å²) in [5.41, 5.74) is 8.85. The molecule has 0 bridgehead atoms. The Hall–Kier alpha value is -2.34. The number of pyridine rings is 1. The van der Waals surface area contributed by atoms with Crippen LogP contribution in [0.4, 0.5) is 5.69 Å². The smallest absolute Gasteiger partial charge is 0.270 e. The summed E-state index contributed by atoms with van der Waals surface area (Å²) in [6.07, 6.45) is 1.63.